The van der Waals surface area contributed by atoms with Gasteiger partial charge in [-0.15, -0.1) is 0 Å². The maximum Gasteiger partial charge on any atom is 0.274 e. The Hall–Kier alpha value is -2.94. The minimum absolute atomic E-state index is 0.374. The van der Waals surface area contributed by atoms with Gasteiger partial charge in [0.2, 0.25) is 0 Å². The molecule has 0 aliphatic carbocycles. The van der Waals surface area contributed by atoms with Gasteiger partial charge in [-0.05, 0) is 50.6 Å². The number of aryl methyl sites for hydroxylation is 1. The summed E-state index contributed by atoms with van der Waals surface area (Å²) in [6, 6.07) is 23.5. The number of fused-ring (bicyclic) bond motifs is 1. The molecule has 2 aromatic heterocycles. The second-order valence-corrected chi connectivity index (χ2v) is 6.68. The molecule has 0 spiro atoms. The average molecular weight is 328 g/mol. The van der Waals surface area contributed by atoms with Gasteiger partial charge in [-0.1, -0.05) is 42.5 Å². The summed E-state index contributed by atoms with van der Waals surface area (Å²) in [6.45, 7) is 6.53. The summed E-state index contributed by atoms with van der Waals surface area (Å²) < 4.78 is 4.45. The number of rotatable bonds is 3. The van der Waals surface area contributed by atoms with Crippen molar-refractivity contribution < 1.29 is 4.57 Å². The van der Waals surface area contributed by atoms with Crippen molar-refractivity contribution in [2.75, 3.05) is 0 Å². The highest BCUT2D eigenvalue weighted by Crippen LogP contribution is 2.24. The van der Waals surface area contributed by atoms with Crippen LogP contribution in [0.5, 0.6) is 0 Å². The monoisotopic (exact) mass is 328 g/mol. The van der Waals surface area contributed by atoms with Crippen molar-refractivity contribution in [3.05, 3.63) is 78.6 Å². The van der Waals surface area contributed by atoms with Crippen molar-refractivity contribution >= 4 is 11.2 Å². The van der Waals surface area contributed by atoms with E-state index in [1.165, 1.54) is 11.1 Å². The second-order valence-electron chi connectivity index (χ2n) is 6.68. The Morgan fingerprint density at radius 1 is 0.880 bits per heavy atom. The van der Waals surface area contributed by atoms with Gasteiger partial charge in [0.25, 0.3) is 12.0 Å². The topological polar surface area (TPSA) is 21.7 Å². The van der Waals surface area contributed by atoms with Crippen molar-refractivity contribution in [3.8, 4) is 16.9 Å². The van der Waals surface area contributed by atoms with Crippen LogP contribution < -0.4 is 4.57 Å². The summed E-state index contributed by atoms with van der Waals surface area (Å²) in [5.74, 6) is 0. The highest BCUT2D eigenvalue weighted by Gasteiger charge is 2.21. The van der Waals surface area contributed by atoms with Crippen LogP contribution in [0, 0.1) is 6.92 Å². The Morgan fingerprint density at radius 2 is 1.60 bits per heavy atom. The molecule has 3 nitrogen and oxygen atoms in total. The first-order chi connectivity index (χ1) is 12.1. The van der Waals surface area contributed by atoms with Crippen molar-refractivity contribution in [1.29, 1.82) is 0 Å². The molecule has 3 heteroatoms. The molecular weight excluding hydrogens is 306 g/mol. The molecular formula is C22H22N3+. The predicted octanol–water partition coefficient (Wildman–Crippen LogP) is 4.87. The number of pyridine rings is 1. The second kappa shape index (κ2) is 6.17. The number of nitrogens with zero attached hydrogens (tertiary/aromatic N) is 3. The van der Waals surface area contributed by atoms with E-state index in [1.54, 1.807) is 0 Å². The van der Waals surface area contributed by atoms with Crippen molar-refractivity contribution in [3.63, 3.8) is 0 Å². The summed E-state index contributed by atoms with van der Waals surface area (Å²) in [7, 11) is 0. The summed E-state index contributed by atoms with van der Waals surface area (Å²) in [6.07, 6.45) is 2.15. The molecule has 25 heavy (non-hydrogen) atoms. The van der Waals surface area contributed by atoms with E-state index in [0.717, 1.165) is 22.5 Å². The molecule has 0 fully saturated rings. The number of aromatic nitrogens is 3. The van der Waals surface area contributed by atoms with Gasteiger partial charge in [0.15, 0.2) is 5.52 Å². The molecule has 0 saturated carbocycles. The van der Waals surface area contributed by atoms with E-state index >= 15 is 0 Å². The molecule has 0 amide bonds. The van der Waals surface area contributed by atoms with Crippen LogP contribution in [-0.2, 0) is 0 Å². The zero-order valence-corrected chi connectivity index (χ0v) is 14.8. The zero-order valence-electron chi connectivity index (χ0n) is 14.8. The third-order valence-corrected chi connectivity index (χ3v) is 4.61. The van der Waals surface area contributed by atoms with Crippen LogP contribution in [0.4, 0.5) is 0 Å². The van der Waals surface area contributed by atoms with Crippen LogP contribution >= 0.6 is 0 Å². The molecule has 0 saturated heterocycles. The van der Waals surface area contributed by atoms with Crippen LogP contribution in [0.15, 0.2) is 73.1 Å². The third kappa shape index (κ3) is 2.72. The Labute approximate surface area is 148 Å². The molecule has 0 bridgehead atoms. The Bertz CT molecular complexity index is 1030. The molecule has 0 aliphatic heterocycles. The molecule has 0 atom stereocenters. The van der Waals surface area contributed by atoms with E-state index in [2.05, 4.69) is 96.9 Å². The maximum atomic E-state index is 5.03. The number of hydrogen-bond donors (Lipinski definition) is 0. The molecule has 0 aliphatic rings. The van der Waals surface area contributed by atoms with Crippen molar-refractivity contribution in [1.82, 2.24) is 9.55 Å². The highest BCUT2D eigenvalue weighted by atomic mass is 15.2. The van der Waals surface area contributed by atoms with Crippen LogP contribution in [0.1, 0.15) is 25.5 Å². The maximum absolute atomic E-state index is 5.03. The molecule has 4 rings (SSSR count). The molecule has 4 aromatic rings. The van der Waals surface area contributed by atoms with E-state index in [1.807, 2.05) is 6.07 Å². The highest BCUT2D eigenvalue weighted by molar-refractivity contribution is 5.75. The first-order valence-corrected chi connectivity index (χ1v) is 8.70. The van der Waals surface area contributed by atoms with Crippen molar-refractivity contribution in [2.24, 2.45) is 0 Å². The van der Waals surface area contributed by atoms with Crippen LogP contribution in [0.2, 0.25) is 0 Å². The molecule has 124 valence electrons. The lowest BCUT2D eigenvalue weighted by Crippen LogP contribution is -2.34. The van der Waals surface area contributed by atoms with Gasteiger partial charge in [-0.25, -0.2) is 9.55 Å². The lowest BCUT2D eigenvalue weighted by molar-refractivity contribution is -0.691. The fourth-order valence-electron chi connectivity index (χ4n) is 3.26. The van der Waals surface area contributed by atoms with E-state index in [4.69, 9.17) is 4.98 Å². The van der Waals surface area contributed by atoms with E-state index < -0.39 is 0 Å². The normalized spacial score (nSPS) is 11.4. The van der Waals surface area contributed by atoms with Gasteiger partial charge >= 0.3 is 0 Å². The standard InChI is InChI=1S/C22H22N3/c1-16(2)24-15-25(18-10-5-4-6-11-18)22-21(24)14-13-20(23-22)19-12-8-7-9-17(19)3/h4-16H,1-3H3/q+1. The largest absolute Gasteiger partial charge is 0.274 e. The molecule has 0 radical (unpaired) electrons. The molecule has 0 N–H and O–H groups in total. The van der Waals surface area contributed by atoms with Gasteiger partial charge in [0.05, 0.1) is 11.7 Å². The summed E-state index contributed by atoms with van der Waals surface area (Å²) in [4.78, 5) is 5.03. The smallest absolute Gasteiger partial charge is 0.226 e. The van der Waals surface area contributed by atoms with E-state index in [9.17, 15) is 0 Å². The lowest BCUT2D eigenvalue weighted by Gasteiger charge is -2.05. The summed E-state index contributed by atoms with van der Waals surface area (Å²) in [5, 5.41) is 0. The Morgan fingerprint density at radius 3 is 2.32 bits per heavy atom. The van der Waals surface area contributed by atoms with Gasteiger partial charge in [-0.3, -0.25) is 0 Å². The zero-order chi connectivity index (χ0) is 17.4. The fraction of sp³-hybridized carbons (Fsp3) is 0.182. The fourth-order valence-corrected chi connectivity index (χ4v) is 3.26. The third-order valence-electron chi connectivity index (χ3n) is 4.61. The van der Waals surface area contributed by atoms with Gasteiger partial charge in [-0.2, -0.15) is 4.57 Å². The summed E-state index contributed by atoms with van der Waals surface area (Å²) in [5.41, 5.74) is 6.69. The Kier molecular flexibility index (Phi) is 3.85. The van der Waals surface area contributed by atoms with Crippen LogP contribution in [-0.4, -0.2) is 9.55 Å². The van der Waals surface area contributed by atoms with Gasteiger partial charge < -0.3 is 0 Å². The molecule has 2 heterocycles. The summed E-state index contributed by atoms with van der Waals surface area (Å²) >= 11 is 0. The lowest BCUT2D eigenvalue weighted by atomic mass is 10.1. The molecule has 0 unspecified atom stereocenters. The van der Waals surface area contributed by atoms with Gasteiger partial charge in [0, 0.05) is 5.56 Å². The van der Waals surface area contributed by atoms with E-state index in [-0.39, 0.29) is 0 Å². The van der Waals surface area contributed by atoms with Crippen LogP contribution in [0.25, 0.3) is 28.1 Å². The first kappa shape index (κ1) is 15.6. The minimum atomic E-state index is 0.374. The van der Waals surface area contributed by atoms with Gasteiger partial charge in [0.1, 0.15) is 5.69 Å². The van der Waals surface area contributed by atoms with Crippen molar-refractivity contribution in [2.45, 2.75) is 26.8 Å². The molecule has 2 aromatic carbocycles. The van der Waals surface area contributed by atoms with E-state index in [0.29, 0.717) is 6.04 Å². The first-order valence-electron chi connectivity index (χ1n) is 8.70. The number of para-hydroxylation sites is 1. The average Bonchev–Trinajstić information content (AvgIpc) is 3.02. The predicted molar refractivity (Wildman–Crippen MR) is 102 cm³/mol. The number of hydrogen-bond acceptors (Lipinski definition) is 1. The Balaban J connectivity index is 1.99. The number of imidazole rings is 1. The van der Waals surface area contributed by atoms with Crippen LogP contribution in [0.3, 0.4) is 0 Å². The number of benzene rings is 2. The minimum Gasteiger partial charge on any atom is -0.226 e. The quantitative estimate of drug-likeness (QED) is 0.492. The SMILES string of the molecule is Cc1ccccc1-c1ccc2c(n1)n(-c1ccccc1)c[n+]2C(C)C.